The highest BCUT2D eigenvalue weighted by Gasteiger charge is 2.30. The van der Waals surface area contributed by atoms with E-state index in [1.54, 1.807) is 0 Å². The number of benzene rings is 1. The Labute approximate surface area is 125 Å². The molecule has 2 aliphatic rings. The molecule has 108 valence electrons. The second-order valence-electron chi connectivity index (χ2n) is 6.09. The highest BCUT2D eigenvalue weighted by Crippen LogP contribution is 2.38. The number of aromatic nitrogens is 2. The third kappa shape index (κ3) is 2.16. The lowest BCUT2D eigenvalue weighted by molar-refractivity contribution is 0.586. The Bertz CT molecular complexity index is 678. The molecule has 2 heterocycles. The van der Waals surface area contributed by atoms with Gasteiger partial charge in [-0.15, -0.1) is 0 Å². The molecule has 1 aliphatic heterocycles. The van der Waals surface area contributed by atoms with Gasteiger partial charge in [-0.2, -0.15) is 0 Å². The molecule has 0 bridgehead atoms. The molecule has 1 aliphatic carbocycles. The standard InChI is InChI=1S/C18H21N3/c1-2-5-16-15-11-19-9-8-17(15)21-18(20-16)14-10-12-6-3-4-7-13(12)14/h3-4,6-7,14,19H,2,5,8-11H2,1H3. The first-order valence-electron chi connectivity index (χ1n) is 8.04. The summed E-state index contributed by atoms with van der Waals surface area (Å²) in [5.41, 5.74) is 6.80. The highest BCUT2D eigenvalue weighted by molar-refractivity contribution is 5.45. The van der Waals surface area contributed by atoms with Crippen LogP contribution in [0.1, 0.15) is 53.2 Å². The minimum atomic E-state index is 0.414. The van der Waals surface area contributed by atoms with Crippen molar-refractivity contribution >= 4 is 0 Å². The Kier molecular flexibility index (Phi) is 3.23. The smallest absolute Gasteiger partial charge is 0.136 e. The molecule has 3 heteroatoms. The van der Waals surface area contributed by atoms with Crippen molar-refractivity contribution in [1.82, 2.24) is 15.3 Å². The summed E-state index contributed by atoms with van der Waals surface area (Å²) in [5.74, 6) is 1.47. The Morgan fingerprint density at radius 3 is 3.00 bits per heavy atom. The summed E-state index contributed by atoms with van der Waals surface area (Å²) in [7, 11) is 0. The van der Waals surface area contributed by atoms with Gasteiger partial charge in [0.1, 0.15) is 5.82 Å². The van der Waals surface area contributed by atoms with E-state index in [9.17, 15) is 0 Å². The Morgan fingerprint density at radius 2 is 2.14 bits per heavy atom. The van der Waals surface area contributed by atoms with Gasteiger partial charge in [0.2, 0.25) is 0 Å². The van der Waals surface area contributed by atoms with Crippen LogP contribution in [0.25, 0.3) is 0 Å². The van der Waals surface area contributed by atoms with Gasteiger partial charge in [0, 0.05) is 36.7 Å². The zero-order valence-electron chi connectivity index (χ0n) is 12.5. The molecular weight excluding hydrogens is 258 g/mol. The van der Waals surface area contributed by atoms with E-state index in [1.807, 2.05) is 0 Å². The van der Waals surface area contributed by atoms with E-state index < -0.39 is 0 Å². The van der Waals surface area contributed by atoms with Crippen LogP contribution in [0, 0.1) is 0 Å². The lowest BCUT2D eigenvalue weighted by Crippen LogP contribution is -2.29. The maximum atomic E-state index is 4.95. The molecule has 3 nitrogen and oxygen atoms in total. The molecule has 0 fully saturated rings. The van der Waals surface area contributed by atoms with Crippen LogP contribution < -0.4 is 5.32 Å². The number of hydrogen-bond donors (Lipinski definition) is 1. The Hall–Kier alpha value is -1.74. The van der Waals surface area contributed by atoms with E-state index >= 15 is 0 Å². The van der Waals surface area contributed by atoms with Crippen LogP contribution in [0.15, 0.2) is 24.3 Å². The molecule has 0 saturated heterocycles. The van der Waals surface area contributed by atoms with E-state index in [4.69, 9.17) is 9.97 Å². The fraction of sp³-hybridized carbons (Fsp3) is 0.444. The molecule has 1 aromatic heterocycles. The summed E-state index contributed by atoms with van der Waals surface area (Å²) in [6.45, 7) is 4.20. The monoisotopic (exact) mass is 279 g/mol. The molecule has 0 radical (unpaired) electrons. The van der Waals surface area contributed by atoms with Crippen LogP contribution in [0.5, 0.6) is 0 Å². The first-order chi connectivity index (χ1) is 10.4. The molecule has 1 atom stereocenters. The maximum Gasteiger partial charge on any atom is 0.136 e. The molecule has 0 spiro atoms. The van der Waals surface area contributed by atoms with Crippen molar-refractivity contribution in [3.8, 4) is 0 Å². The van der Waals surface area contributed by atoms with Gasteiger partial charge in [-0.1, -0.05) is 37.6 Å². The van der Waals surface area contributed by atoms with Gasteiger partial charge in [0.05, 0.1) is 5.69 Å². The quantitative estimate of drug-likeness (QED) is 0.939. The summed E-state index contributed by atoms with van der Waals surface area (Å²) in [4.78, 5) is 9.87. The zero-order chi connectivity index (χ0) is 14.2. The lowest BCUT2D eigenvalue weighted by atomic mass is 9.77. The first-order valence-corrected chi connectivity index (χ1v) is 8.04. The van der Waals surface area contributed by atoms with Gasteiger partial charge in [0.15, 0.2) is 0 Å². The van der Waals surface area contributed by atoms with Crippen LogP contribution in [0.2, 0.25) is 0 Å². The summed E-state index contributed by atoms with van der Waals surface area (Å²) >= 11 is 0. The fourth-order valence-corrected chi connectivity index (χ4v) is 3.52. The number of aryl methyl sites for hydroxylation is 1. The van der Waals surface area contributed by atoms with E-state index in [-0.39, 0.29) is 0 Å². The van der Waals surface area contributed by atoms with Gasteiger partial charge in [0.25, 0.3) is 0 Å². The normalized spacial score (nSPS) is 19.6. The van der Waals surface area contributed by atoms with Crippen LogP contribution in [0.4, 0.5) is 0 Å². The third-order valence-corrected chi connectivity index (χ3v) is 4.69. The summed E-state index contributed by atoms with van der Waals surface area (Å²) in [6.07, 6.45) is 4.34. The Morgan fingerprint density at radius 1 is 1.24 bits per heavy atom. The predicted octanol–water partition coefficient (Wildman–Crippen LogP) is 2.76. The van der Waals surface area contributed by atoms with Crippen molar-refractivity contribution in [3.05, 3.63) is 58.2 Å². The highest BCUT2D eigenvalue weighted by atomic mass is 15.0. The van der Waals surface area contributed by atoms with Gasteiger partial charge in [-0.25, -0.2) is 9.97 Å². The molecular formula is C18H21N3. The van der Waals surface area contributed by atoms with Gasteiger partial charge in [-0.3, -0.25) is 0 Å². The largest absolute Gasteiger partial charge is 0.312 e. The number of hydrogen-bond acceptors (Lipinski definition) is 3. The zero-order valence-corrected chi connectivity index (χ0v) is 12.5. The van der Waals surface area contributed by atoms with Crippen LogP contribution in [0.3, 0.4) is 0 Å². The first kappa shape index (κ1) is 13.0. The molecule has 0 amide bonds. The number of nitrogens with zero attached hydrogens (tertiary/aromatic N) is 2. The van der Waals surface area contributed by atoms with Crippen molar-refractivity contribution in [3.63, 3.8) is 0 Å². The fourth-order valence-electron chi connectivity index (χ4n) is 3.52. The van der Waals surface area contributed by atoms with Crippen LogP contribution >= 0.6 is 0 Å². The minimum Gasteiger partial charge on any atom is -0.312 e. The van der Waals surface area contributed by atoms with Crippen molar-refractivity contribution in [2.75, 3.05) is 6.54 Å². The van der Waals surface area contributed by atoms with E-state index in [1.165, 1.54) is 28.1 Å². The maximum absolute atomic E-state index is 4.95. The van der Waals surface area contributed by atoms with Gasteiger partial charge in [-0.05, 0) is 24.0 Å². The van der Waals surface area contributed by atoms with E-state index in [2.05, 4.69) is 36.5 Å². The molecule has 1 aromatic carbocycles. The average Bonchev–Trinajstić information content (AvgIpc) is 2.49. The number of rotatable bonds is 3. The topological polar surface area (TPSA) is 37.8 Å². The van der Waals surface area contributed by atoms with Crippen molar-refractivity contribution in [2.45, 2.75) is 45.1 Å². The van der Waals surface area contributed by atoms with E-state index in [0.29, 0.717) is 5.92 Å². The second kappa shape index (κ2) is 5.23. The van der Waals surface area contributed by atoms with Crippen LogP contribution in [-0.2, 0) is 25.8 Å². The van der Waals surface area contributed by atoms with Gasteiger partial charge < -0.3 is 5.32 Å². The Balaban J connectivity index is 1.75. The lowest BCUT2D eigenvalue weighted by Gasteiger charge is -2.30. The molecule has 2 aromatic rings. The number of fused-ring (bicyclic) bond motifs is 2. The van der Waals surface area contributed by atoms with Crippen molar-refractivity contribution in [1.29, 1.82) is 0 Å². The molecule has 4 rings (SSSR count). The second-order valence-corrected chi connectivity index (χ2v) is 6.09. The summed E-state index contributed by atoms with van der Waals surface area (Å²) in [6, 6.07) is 8.70. The molecule has 1 N–H and O–H groups in total. The minimum absolute atomic E-state index is 0.414. The predicted molar refractivity (Wildman–Crippen MR) is 83.4 cm³/mol. The summed E-state index contributed by atoms with van der Waals surface area (Å²) < 4.78 is 0. The van der Waals surface area contributed by atoms with E-state index in [0.717, 1.165) is 44.6 Å². The average molecular weight is 279 g/mol. The molecule has 1 unspecified atom stereocenters. The van der Waals surface area contributed by atoms with Crippen LogP contribution in [-0.4, -0.2) is 16.5 Å². The van der Waals surface area contributed by atoms with Gasteiger partial charge >= 0.3 is 0 Å². The number of nitrogens with one attached hydrogen (secondary N) is 1. The third-order valence-electron chi connectivity index (χ3n) is 4.69. The van der Waals surface area contributed by atoms with Crippen molar-refractivity contribution in [2.24, 2.45) is 0 Å². The SMILES string of the molecule is CCCc1nc(C2Cc3ccccc32)nc2c1CNCC2. The van der Waals surface area contributed by atoms with Crippen molar-refractivity contribution < 1.29 is 0 Å². The summed E-state index contributed by atoms with van der Waals surface area (Å²) in [5, 5.41) is 3.45. The molecule has 21 heavy (non-hydrogen) atoms. The molecule has 0 saturated carbocycles.